The van der Waals surface area contributed by atoms with E-state index in [1.165, 1.54) is 5.56 Å². The Morgan fingerprint density at radius 3 is 2.55 bits per heavy atom. The van der Waals surface area contributed by atoms with Gasteiger partial charge >= 0.3 is 0 Å². The quantitative estimate of drug-likeness (QED) is 0.929. The van der Waals surface area contributed by atoms with Crippen LogP contribution in [0.1, 0.15) is 18.5 Å². The van der Waals surface area contributed by atoms with Crippen LogP contribution in [-0.4, -0.2) is 53.3 Å². The summed E-state index contributed by atoms with van der Waals surface area (Å²) in [7, 11) is 2.13. The molecule has 116 valence electrons. The van der Waals surface area contributed by atoms with Gasteiger partial charge in [-0.25, -0.2) is 0 Å². The van der Waals surface area contributed by atoms with Crippen LogP contribution in [0.2, 0.25) is 0 Å². The largest absolute Gasteiger partial charge is 0.362 e. The van der Waals surface area contributed by atoms with Crippen LogP contribution in [0.15, 0.2) is 36.5 Å². The van der Waals surface area contributed by atoms with Crippen LogP contribution in [0.5, 0.6) is 0 Å². The number of anilines is 2. The zero-order valence-corrected chi connectivity index (χ0v) is 13.1. The molecule has 1 atom stereocenters. The third kappa shape index (κ3) is 3.51. The number of benzene rings is 1. The molecule has 2 heterocycles. The zero-order valence-electron chi connectivity index (χ0n) is 13.1. The molecule has 6 nitrogen and oxygen atoms in total. The number of rotatable bonds is 4. The summed E-state index contributed by atoms with van der Waals surface area (Å²) >= 11 is 0. The number of nitrogens with zero attached hydrogens (tertiary/aromatic N) is 5. The Morgan fingerprint density at radius 2 is 1.82 bits per heavy atom. The SMILES string of the molecule is CC(Nc1cnnc(N2CCN(C)CC2)n1)c1ccccc1. The van der Waals surface area contributed by atoms with Gasteiger partial charge in [-0.05, 0) is 19.5 Å². The molecule has 1 aliphatic heterocycles. The van der Waals surface area contributed by atoms with Gasteiger partial charge in [-0.3, -0.25) is 0 Å². The number of piperazine rings is 1. The fourth-order valence-corrected chi connectivity index (χ4v) is 2.55. The molecule has 0 saturated carbocycles. The first-order valence-electron chi connectivity index (χ1n) is 7.67. The van der Waals surface area contributed by atoms with E-state index < -0.39 is 0 Å². The smallest absolute Gasteiger partial charge is 0.247 e. The van der Waals surface area contributed by atoms with E-state index in [1.807, 2.05) is 18.2 Å². The highest BCUT2D eigenvalue weighted by Crippen LogP contribution is 2.18. The summed E-state index contributed by atoms with van der Waals surface area (Å²) in [5.74, 6) is 1.47. The molecule has 1 saturated heterocycles. The van der Waals surface area contributed by atoms with Crippen molar-refractivity contribution in [3.8, 4) is 0 Å². The second-order valence-electron chi connectivity index (χ2n) is 5.71. The monoisotopic (exact) mass is 298 g/mol. The van der Waals surface area contributed by atoms with Crippen molar-refractivity contribution in [2.24, 2.45) is 0 Å². The fraction of sp³-hybridized carbons (Fsp3) is 0.438. The summed E-state index contributed by atoms with van der Waals surface area (Å²) in [6.45, 7) is 6.06. The van der Waals surface area contributed by atoms with Crippen molar-refractivity contribution in [3.63, 3.8) is 0 Å². The molecule has 1 unspecified atom stereocenters. The van der Waals surface area contributed by atoms with Crippen LogP contribution in [0.25, 0.3) is 0 Å². The Labute approximate surface area is 131 Å². The Morgan fingerprint density at radius 1 is 1.09 bits per heavy atom. The Bertz CT molecular complexity index is 595. The van der Waals surface area contributed by atoms with Gasteiger partial charge in [0.1, 0.15) is 0 Å². The van der Waals surface area contributed by atoms with Crippen molar-refractivity contribution in [3.05, 3.63) is 42.1 Å². The second-order valence-corrected chi connectivity index (χ2v) is 5.71. The van der Waals surface area contributed by atoms with E-state index in [2.05, 4.69) is 56.4 Å². The van der Waals surface area contributed by atoms with E-state index in [0.717, 1.165) is 32.0 Å². The molecule has 1 aromatic carbocycles. The molecular formula is C16H22N6. The fourth-order valence-electron chi connectivity index (χ4n) is 2.55. The van der Waals surface area contributed by atoms with Crippen molar-refractivity contribution in [2.45, 2.75) is 13.0 Å². The van der Waals surface area contributed by atoms with Crippen LogP contribution in [0.3, 0.4) is 0 Å². The second kappa shape index (κ2) is 6.70. The predicted molar refractivity (Wildman–Crippen MR) is 88.0 cm³/mol. The molecule has 1 N–H and O–H groups in total. The Kier molecular flexibility index (Phi) is 4.48. The maximum absolute atomic E-state index is 4.61. The normalized spacial score (nSPS) is 17.3. The minimum atomic E-state index is 0.179. The molecule has 0 radical (unpaired) electrons. The number of aromatic nitrogens is 3. The topological polar surface area (TPSA) is 57.2 Å². The average Bonchev–Trinajstić information content (AvgIpc) is 2.56. The highest BCUT2D eigenvalue weighted by atomic mass is 15.4. The molecule has 22 heavy (non-hydrogen) atoms. The summed E-state index contributed by atoms with van der Waals surface area (Å²) < 4.78 is 0. The van der Waals surface area contributed by atoms with Crippen molar-refractivity contribution in [2.75, 3.05) is 43.4 Å². The van der Waals surface area contributed by atoms with Crippen LogP contribution in [-0.2, 0) is 0 Å². The standard InChI is InChI=1S/C16H22N6/c1-13(14-6-4-3-5-7-14)18-15-12-17-20-16(19-15)22-10-8-21(2)9-11-22/h3-7,12-13H,8-11H2,1-2H3,(H,18,19,20). The van der Waals surface area contributed by atoms with Crippen LogP contribution < -0.4 is 10.2 Å². The molecule has 0 aliphatic carbocycles. The van der Waals surface area contributed by atoms with Crippen molar-refractivity contribution in [1.29, 1.82) is 0 Å². The molecular weight excluding hydrogens is 276 g/mol. The number of likely N-dealkylation sites (N-methyl/N-ethyl adjacent to an activating group) is 1. The minimum Gasteiger partial charge on any atom is -0.362 e. The van der Waals surface area contributed by atoms with Crippen LogP contribution in [0, 0.1) is 0 Å². The first-order valence-corrected chi connectivity index (χ1v) is 7.67. The van der Waals surface area contributed by atoms with Gasteiger partial charge in [0.25, 0.3) is 0 Å². The molecule has 0 bridgehead atoms. The van der Waals surface area contributed by atoms with Crippen LogP contribution in [0.4, 0.5) is 11.8 Å². The highest BCUT2D eigenvalue weighted by molar-refractivity contribution is 5.41. The van der Waals surface area contributed by atoms with E-state index in [4.69, 9.17) is 0 Å². The lowest BCUT2D eigenvalue weighted by Crippen LogP contribution is -2.45. The van der Waals surface area contributed by atoms with E-state index in [9.17, 15) is 0 Å². The van der Waals surface area contributed by atoms with Gasteiger partial charge in [-0.2, -0.15) is 10.1 Å². The molecule has 3 rings (SSSR count). The van der Waals surface area contributed by atoms with E-state index >= 15 is 0 Å². The summed E-state index contributed by atoms with van der Waals surface area (Å²) in [5, 5.41) is 11.7. The van der Waals surface area contributed by atoms with Crippen molar-refractivity contribution in [1.82, 2.24) is 20.1 Å². The van der Waals surface area contributed by atoms with Crippen molar-refractivity contribution >= 4 is 11.8 Å². The lowest BCUT2D eigenvalue weighted by molar-refractivity contribution is 0.311. The third-order valence-electron chi connectivity index (χ3n) is 4.00. The highest BCUT2D eigenvalue weighted by Gasteiger charge is 2.17. The molecule has 1 aromatic heterocycles. The summed E-state index contributed by atoms with van der Waals surface area (Å²) in [6, 6.07) is 10.5. The number of hydrogen-bond acceptors (Lipinski definition) is 6. The molecule has 0 amide bonds. The first-order chi connectivity index (χ1) is 10.7. The maximum Gasteiger partial charge on any atom is 0.247 e. The maximum atomic E-state index is 4.61. The molecule has 6 heteroatoms. The number of nitrogens with one attached hydrogen (secondary N) is 1. The summed E-state index contributed by atoms with van der Waals surface area (Å²) in [5.41, 5.74) is 1.22. The van der Waals surface area contributed by atoms with Crippen molar-refractivity contribution < 1.29 is 0 Å². The third-order valence-corrected chi connectivity index (χ3v) is 4.00. The summed E-state index contributed by atoms with van der Waals surface area (Å²) in [6.07, 6.45) is 1.68. The van der Waals surface area contributed by atoms with E-state index in [0.29, 0.717) is 5.95 Å². The molecule has 1 aliphatic rings. The number of hydrogen-bond donors (Lipinski definition) is 1. The van der Waals surface area contributed by atoms with Gasteiger partial charge in [-0.1, -0.05) is 30.3 Å². The van der Waals surface area contributed by atoms with Gasteiger partial charge in [0.15, 0.2) is 5.82 Å². The van der Waals surface area contributed by atoms with Gasteiger partial charge in [0, 0.05) is 32.2 Å². The van der Waals surface area contributed by atoms with E-state index in [-0.39, 0.29) is 6.04 Å². The summed E-state index contributed by atoms with van der Waals surface area (Å²) in [4.78, 5) is 9.10. The van der Waals surface area contributed by atoms with Gasteiger partial charge < -0.3 is 15.1 Å². The lowest BCUT2D eigenvalue weighted by atomic mass is 10.1. The van der Waals surface area contributed by atoms with Gasteiger partial charge in [-0.15, -0.1) is 5.10 Å². The average molecular weight is 298 g/mol. The molecule has 1 fully saturated rings. The zero-order chi connectivity index (χ0) is 15.4. The van der Waals surface area contributed by atoms with E-state index in [1.54, 1.807) is 6.20 Å². The first kappa shape index (κ1) is 14.7. The minimum absolute atomic E-state index is 0.179. The molecule has 2 aromatic rings. The Balaban J connectivity index is 1.69. The lowest BCUT2D eigenvalue weighted by Gasteiger charge is -2.32. The van der Waals surface area contributed by atoms with Gasteiger partial charge in [0.2, 0.25) is 5.95 Å². The Hall–Kier alpha value is -2.21. The molecule has 0 spiro atoms. The van der Waals surface area contributed by atoms with Gasteiger partial charge in [0.05, 0.1) is 6.20 Å². The predicted octanol–water partition coefficient (Wildman–Crippen LogP) is 1.80. The van der Waals surface area contributed by atoms with Crippen LogP contribution >= 0.6 is 0 Å².